The van der Waals surface area contributed by atoms with Gasteiger partial charge in [0.2, 0.25) is 0 Å². The Hall–Kier alpha value is -1.10. The van der Waals surface area contributed by atoms with E-state index in [2.05, 4.69) is 22.8 Å². The minimum atomic E-state index is -0.121. The zero-order valence-corrected chi connectivity index (χ0v) is 7.46. The van der Waals surface area contributed by atoms with Crippen LogP contribution in [0.25, 0.3) is 0 Å². The number of nitrogens with zero attached hydrogens (tertiary/aromatic N) is 2. The largest absolute Gasteiger partial charge is 0.301 e. The van der Waals surface area contributed by atoms with Gasteiger partial charge in [0.1, 0.15) is 0 Å². The highest BCUT2D eigenvalue weighted by atomic mass is 15.0. The third kappa shape index (κ3) is 5.67. The lowest BCUT2D eigenvalue weighted by atomic mass is 10.3. The summed E-state index contributed by atoms with van der Waals surface area (Å²) in [5.74, 6) is 0. The van der Waals surface area contributed by atoms with Crippen LogP contribution in [0, 0.1) is 22.7 Å². The van der Waals surface area contributed by atoms with Crippen LogP contribution >= 0.6 is 0 Å². The zero-order valence-electron chi connectivity index (χ0n) is 7.46. The van der Waals surface area contributed by atoms with Crippen LogP contribution in [0.3, 0.4) is 0 Å². The first-order chi connectivity index (χ1) is 5.70. The Morgan fingerprint density at radius 3 is 1.58 bits per heavy atom. The van der Waals surface area contributed by atoms with Crippen molar-refractivity contribution in [2.75, 3.05) is 13.1 Å². The Morgan fingerprint density at radius 1 is 1.00 bits per heavy atom. The maximum atomic E-state index is 8.40. The van der Waals surface area contributed by atoms with Crippen molar-refractivity contribution in [2.24, 2.45) is 0 Å². The fraction of sp³-hybridized carbons (Fsp3) is 0.750. The van der Waals surface area contributed by atoms with Gasteiger partial charge in [-0.05, 0) is 13.8 Å². The van der Waals surface area contributed by atoms with Crippen LogP contribution in [-0.4, -0.2) is 25.2 Å². The molecule has 0 bridgehead atoms. The van der Waals surface area contributed by atoms with Gasteiger partial charge >= 0.3 is 0 Å². The van der Waals surface area contributed by atoms with E-state index in [9.17, 15) is 0 Å². The number of hydrogen-bond acceptors (Lipinski definition) is 4. The average Bonchev–Trinajstić information content (AvgIpc) is 2.11. The van der Waals surface area contributed by atoms with Gasteiger partial charge in [-0.1, -0.05) is 0 Å². The van der Waals surface area contributed by atoms with Crippen LogP contribution in [0.1, 0.15) is 13.8 Å². The summed E-state index contributed by atoms with van der Waals surface area (Å²) in [7, 11) is 0. The van der Waals surface area contributed by atoms with Crippen molar-refractivity contribution in [3.63, 3.8) is 0 Å². The molecule has 0 fully saturated rings. The Morgan fingerprint density at radius 2 is 1.33 bits per heavy atom. The third-order valence-electron chi connectivity index (χ3n) is 1.41. The molecule has 0 aliphatic rings. The molecule has 66 valence electrons. The second kappa shape index (κ2) is 6.60. The summed E-state index contributed by atoms with van der Waals surface area (Å²) >= 11 is 0. The summed E-state index contributed by atoms with van der Waals surface area (Å²) in [5.41, 5.74) is 0. The van der Waals surface area contributed by atoms with Crippen LogP contribution in [0.4, 0.5) is 0 Å². The van der Waals surface area contributed by atoms with E-state index in [0.29, 0.717) is 13.1 Å². The highest BCUT2D eigenvalue weighted by molar-refractivity contribution is 4.87. The lowest BCUT2D eigenvalue weighted by molar-refractivity contribution is 0.570. The summed E-state index contributed by atoms with van der Waals surface area (Å²) in [5, 5.41) is 22.8. The van der Waals surface area contributed by atoms with Gasteiger partial charge in [0.25, 0.3) is 0 Å². The van der Waals surface area contributed by atoms with Crippen LogP contribution in [0.15, 0.2) is 0 Å². The molecule has 0 rings (SSSR count). The van der Waals surface area contributed by atoms with Gasteiger partial charge in [-0.2, -0.15) is 10.5 Å². The Kier molecular flexibility index (Phi) is 6.00. The Labute approximate surface area is 73.2 Å². The minimum Gasteiger partial charge on any atom is -0.301 e. The quantitative estimate of drug-likeness (QED) is 0.563. The second-order valence-electron chi connectivity index (χ2n) is 2.61. The molecular formula is C8H14N4. The third-order valence-corrected chi connectivity index (χ3v) is 1.41. The number of rotatable bonds is 5. The Bertz CT molecular complexity index is 166. The van der Waals surface area contributed by atoms with Crippen LogP contribution in [0.2, 0.25) is 0 Å². The minimum absolute atomic E-state index is 0.121. The normalized spacial score (nSPS) is 14.3. The van der Waals surface area contributed by atoms with Crippen LogP contribution < -0.4 is 10.6 Å². The number of nitrogens with one attached hydrogen (secondary N) is 2. The van der Waals surface area contributed by atoms with Gasteiger partial charge in [-0.25, -0.2) is 0 Å². The molecule has 0 heterocycles. The fourth-order valence-electron chi connectivity index (χ4n) is 0.669. The fourth-order valence-corrected chi connectivity index (χ4v) is 0.669. The second-order valence-corrected chi connectivity index (χ2v) is 2.61. The lowest BCUT2D eigenvalue weighted by Crippen LogP contribution is -2.35. The predicted molar refractivity (Wildman–Crippen MR) is 46.2 cm³/mol. The molecule has 4 heteroatoms. The zero-order chi connectivity index (χ0) is 9.40. The predicted octanol–water partition coefficient (Wildman–Crippen LogP) is -0.0102. The molecule has 0 aliphatic heterocycles. The number of nitriles is 2. The monoisotopic (exact) mass is 166 g/mol. The number of hydrogen-bond donors (Lipinski definition) is 2. The van der Waals surface area contributed by atoms with Gasteiger partial charge in [0.05, 0.1) is 24.2 Å². The first-order valence-electron chi connectivity index (χ1n) is 3.96. The lowest BCUT2D eigenvalue weighted by Gasteiger charge is -2.07. The molecule has 0 aromatic rings. The van der Waals surface area contributed by atoms with E-state index >= 15 is 0 Å². The van der Waals surface area contributed by atoms with Crippen molar-refractivity contribution in [1.29, 1.82) is 10.5 Å². The van der Waals surface area contributed by atoms with Crippen molar-refractivity contribution in [2.45, 2.75) is 25.9 Å². The molecule has 2 N–H and O–H groups in total. The summed E-state index contributed by atoms with van der Waals surface area (Å²) in [6.07, 6.45) is 0. The Balaban J connectivity index is 3.24. The molecule has 12 heavy (non-hydrogen) atoms. The molecule has 0 saturated carbocycles. The van der Waals surface area contributed by atoms with E-state index in [4.69, 9.17) is 10.5 Å². The van der Waals surface area contributed by atoms with E-state index in [1.807, 2.05) is 0 Å². The first kappa shape index (κ1) is 10.9. The highest BCUT2D eigenvalue weighted by Crippen LogP contribution is 1.76. The summed E-state index contributed by atoms with van der Waals surface area (Å²) in [6, 6.07) is 3.88. The molecule has 2 unspecified atom stereocenters. The van der Waals surface area contributed by atoms with E-state index in [-0.39, 0.29) is 12.1 Å². The van der Waals surface area contributed by atoms with Crippen LogP contribution in [-0.2, 0) is 0 Å². The van der Waals surface area contributed by atoms with Gasteiger partial charge in [-0.15, -0.1) is 0 Å². The van der Waals surface area contributed by atoms with Crippen LogP contribution in [0.5, 0.6) is 0 Å². The van der Waals surface area contributed by atoms with Crippen molar-refractivity contribution >= 4 is 0 Å². The van der Waals surface area contributed by atoms with E-state index in [0.717, 1.165) is 0 Å². The van der Waals surface area contributed by atoms with E-state index < -0.39 is 0 Å². The van der Waals surface area contributed by atoms with Crippen molar-refractivity contribution in [1.82, 2.24) is 10.6 Å². The molecule has 0 radical (unpaired) electrons. The van der Waals surface area contributed by atoms with E-state index in [1.54, 1.807) is 13.8 Å². The van der Waals surface area contributed by atoms with Crippen molar-refractivity contribution < 1.29 is 0 Å². The maximum Gasteiger partial charge on any atom is 0.0924 e. The van der Waals surface area contributed by atoms with Gasteiger partial charge < -0.3 is 10.6 Å². The van der Waals surface area contributed by atoms with Crippen molar-refractivity contribution in [3.05, 3.63) is 0 Å². The van der Waals surface area contributed by atoms with E-state index in [1.165, 1.54) is 0 Å². The molecule has 4 nitrogen and oxygen atoms in total. The maximum absolute atomic E-state index is 8.40. The summed E-state index contributed by atoms with van der Waals surface area (Å²) in [6.45, 7) is 5.02. The summed E-state index contributed by atoms with van der Waals surface area (Å²) in [4.78, 5) is 0. The van der Waals surface area contributed by atoms with Gasteiger partial charge in [-0.3, -0.25) is 0 Å². The molecule has 0 aliphatic carbocycles. The smallest absolute Gasteiger partial charge is 0.0924 e. The molecule has 2 atom stereocenters. The molecule has 0 spiro atoms. The first-order valence-corrected chi connectivity index (χ1v) is 3.96. The van der Waals surface area contributed by atoms with Gasteiger partial charge in [0.15, 0.2) is 0 Å². The topological polar surface area (TPSA) is 71.6 Å². The van der Waals surface area contributed by atoms with Crippen molar-refractivity contribution in [3.8, 4) is 12.1 Å². The molecule has 0 amide bonds. The highest BCUT2D eigenvalue weighted by Gasteiger charge is 1.98. The molecule has 0 saturated heterocycles. The SMILES string of the molecule is CC(C#N)NCCNC(C)C#N. The molecule has 0 aromatic carbocycles. The average molecular weight is 166 g/mol. The standard InChI is InChI=1S/C8H14N4/c1-7(5-9)11-3-4-12-8(2)6-10/h7-8,11-12H,3-4H2,1-2H3. The molecular weight excluding hydrogens is 152 g/mol. The molecule has 0 aromatic heterocycles. The summed E-state index contributed by atoms with van der Waals surface area (Å²) < 4.78 is 0. The van der Waals surface area contributed by atoms with Gasteiger partial charge in [0, 0.05) is 13.1 Å².